The Morgan fingerprint density at radius 1 is 0.517 bits per heavy atom. The lowest BCUT2D eigenvalue weighted by atomic mass is 10.0. The molecule has 0 fully saturated rings. The molecule has 0 radical (unpaired) electrons. The molecular formula is C52H88NO7+. The second-order valence-electron chi connectivity index (χ2n) is 16.8. The van der Waals surface area contributed by atoms with Crippen molar-refractivity contribution in [2.24, 2.45) is 0 Å². The normalized spacial score (nSPS) is 13.7. The zero-order valence-electron chi connectivity index (χ0n) is 38.9. The molecule has 2 atom stereocenters. The minimum Gasteiger partial charge on any atom is -0.477 e. The molecule has 8 heteroatoms. The maximum absolute atomic E-state index is 12.7. The Morgan fingerprint density at radius 3 is 1.38 bits per heavy atom. The number of likely N-dealkylation sites (N-methyl/N-ethyl adjacent to an activating group) is 1. The quantitative estimate of drug-likeness (QED) is 0.0283. The monoisotopic (exact) mass is 839 g/mol. The largest absolute Gasteiger partial charge is 0.477 e. The Kier molecular flexibility index (Phi) is 39.8. The van der Waals surface area contributed by atoms with Gasteiger partial charge in [-0.05, 0) is 32.1 Å². The van der Waals surface area contributed by atoms with Crippen molar-refractivity contribution in [2.75, 3.05) is 41.0 Å². The highest BCUT2D eigenvalue weighted by Gasteiger charge is 2.31. The summed E-state index contributed by atoms with van der Waals surface area (Å²) in [4.78, 5) is 37.1. The van der Waals surface area contributed by atoms with Crippen molar-refractivity contribution in [3.8, 4) is 0 Å². The average Bonchev–Trinajstić information content (AvgIpc) is 3.21. The van der Waals surface area contributed by atoms with Gasteiger partial charge in [0.1, 0.15) is 6.61 Å². The lowest BCUT2D eigenvalue weighted by Crippen LogP contribution is -2.50. The first-order valence-electron chi connectivity index (χ1n) is 23.7. The molecule has 0 rings (SSSR count). The molecule has 0 aromatic rings. The number of carbonyl (C=O) groups excluding carboxylic acids is 2. The fourth-order valence-corrected chi connectivity index (χ4v) is 6.60. The summed E-state index contributed by atoms with van der Waals surface area (Å²) in [5.74, 6) is -1.53. The van der Waals surface area contributed by atoms with E-state index in [1.807, 2.05) is 94.1 Å². The van der Waals surface area contributed by atoms with Gasteiger partial charge in [0.05, 0.1) is 34.4 Å². The minimum atomic E-state index is -0.886. The summed E-state index contributed by atoms with van der Waals surface area (Å²) in [6.07, 6.45) is 54.8. The number of rotatable bonds is 41. The van der Waals surface area contributed by atoms with Crippen LogP contribution < -0.4 is 0 Å². The highest BCUT2D eigenvalue weighted by Crippen LogP contribution is 2.15. The van der Waals surface area contributed by atoms with Crippen LogP contribution in [-0.2, 0) is 28.6 Å². The number of carboxylic acids is 1. The highest BCUT2D eigenvalue weighted by atomic mass is 16.6. The fraction of sp³-hybridized carbons (Fsp3) is 0.673. The molecule has 0 saturated carbocycles. The van der Waals surface area contributed by atoms with Crippen LogP contribution in [0.4, 0.5) is 0 Å². The topological polar surface area (TPSA) is 99.1 Å². The number of ether oxygens (including phenoxy) is 3. The fourth-order valence-electron chi connectivity index (χ4n) is 6.60. The Balaban J connectivity index is 4.42. The van der Waals surface area contributed by atoms with Crippen LogP contribution >= 0.6 is 0 Å². The van der Waals surface area contributed by atoms with E-state index in [1.54, 1.807) is 0 Å². The number of unbranched alkanes of at least 4 members (excludes halogenated alkanes) is 19. The molecule has 0 saturated heterocycles. The van der Waals surface area contributed by atoms with Gasteiger partial charge < -0.3 is 23.8 Å². The van der Waals surface area contributed by atoms with Crippen LogP contribution in [0.2, 0.25) is 0 Å². The van der Waals surface area contributed by atoms with Gasteiger partial charge in [0.15, 0.2) is 12.1 Å². The van der Waals surface area contributed by atoms with E-state index < -0.39 is 18.1 Å². The average molecular weight is 839 g/mol. The van der Waals surface area contributed by atoms with Crippen LogP contribution in [0.3, 0.4) is 0 Å². The number of carbonyl (C=O) groups is 3. The van der Waals surface area contributed by atoms with Crippen molar-refractivity contribution in [3.63, 3.8) is 0 Å². The molecule has 0 aromatic heterocycles. The van der Waals surface area contributed by atoms with E-state index in [1.165, 1.54) is 89.9 Å². The van der Waals surface area contributed by atoms with Gasteiger partial charge in [-0.15, -0.1) is 0 Å². The third-order valence-corrected chi connectivity index (χ3v) is 10.3. The first-order valence-corrected chi connectivity index (χ1v) is 23.7. The van der Waals surface area contributed by atoms with Gasteiger partial charge in [-0.2, -0.15) is 0 Å². The third kappa shape index (κ3) is 39.9. The lowest BCUT2D eigenvalue weighted by Gasteiger charge is -2.31. The number of hydrogen-bond acceptors (Lipinski definition) is 6. The lowest BCUT2D eigenvalue weighted by molar-refractivity contribution is -0.887. The molecular weight excluding hydrogens is 751 g/mol. The van der Waals surface area contributed by atoms with Gasteiger partial charge in [-0.25, -0.2) is 4.79 Å². The Bertz CT molecular complexity index is 1250. The van der Waals surface area contributed by atoms with Crippen LogP contribution in [0.1, 0.15) is 174 Å². The molecule has 0 aliphatic carbocycles. The van der Waals surface area contributed by atoms with Crippen molar-refractivity contribution >= 4 is 17.9 Å². The van der Waals surface area contributed by atoms with Crippen molar-refractivity contribution in [3.05, 3.63) is 85.1 Å². The molecule has 342 valence electrons. The smallest absolute Gasteiger partial charge is 0.362 e. The van der Waals surface area contributed by atoms with Crippen LogP contribution in [0.25, 0.3) is 0 Å². The van der Waals surface area contributed by atoms with E-state index in [-0.39, 0.29) is 42.7 Å². The summed E-state index contributed by atoms with van der Waals surface area (Å²) in [7, 11) is 5.51. The van der Waals surface area contributed by atoms with Crippen molar-refractivity contribution in [1.82, 2.24) is 0 Å². The molecule has 0 aliphatic heterocycles. The molecule has 0 amide bonds. The molecule has 2 unspecified atom stereocenters. The highest BCUT2D eigenvalue weighted by molar-refractivity contribution is 5.72. The molecule has 0 bridgehead atoms. The Labute approximate surface area is 367 Å². The van der Waals surface area contributed by atoms with Gasteiger partial charge in [-0.1, -0.05) is 208 Å². The summed E-state index contributed by atoms with van der Waals surface area (Å²) < 4.78 is 17.3. The first kappa shape index (κ1) is 56.5. The summed E-state index contributed by atoms with van der Waals surface area (Å²) >= 11 is 0. The number of quaternary nitrogens is 1. The van der Waals surface area contributed by atoms with Crippen LogP contribution in [0, 0.1) is 0 Å². The summed E-state index contributed by atoms with van der Waals surface area (Å²) in [6, 6.07) is -0.627. The van der Waals surface area contributed by atoms with Crippen molar-refractivity contribution < 1.29 is 38.2 Å². The number of allylic oxidation sites excluding steroid dienone is 14. The van der Waals surface area contributed by atoms with Crippen molar-refractivity contribution in [2.45, 2.75) is 187 Å². The number of esters is 2. The zero-order valence-corrected chi connectivity index (χ0v) is 38.9. The van der Waals surface area contributed by atoms with E-state index in [9.17, 15) is 19.5 Å². The molecule has 0 heterocycles. The number of carboxylic acid groups (broad SMARTS) is 1. The molecule has 0 spiro atoms. The second kappa shape index (κ2) is 42.2. The van der Waals surface area contributed by atoms with Crippen LogP contribution in [-0.4, -0.2) is 80.6 Å². The van der Waals surface area contributed by atoms with E-state index in [2.05, 4.69) is 26.0 Å². The number of hydrogen-bond donors (Lipinski definition) is 1. The zero-order chi connectivity index (χ0) is 44.2. The molecule has 1 N–H and O–H groups in total. The SMILES string of the molecule is CC/C=C/C=C/C=C/C=C/C=C/C=C/C=C/CCCCCC(=O)OC(COCCC(C(=O)O)[N+](C)(C)C)COC(=O)CCCCCCCCCCCCCCCCCCC. The third-order valence-electron chi connectivity index (χ3n) is 10.3. The van der Waals surface area contributed by atoms with Gasteiger partial charge in [0.2, 0.25) is 0 Å². The molecule has 60 heavy (non-hydrogen) atoms. The van der Waals surface area contributed by atoms with Gasteiger partial charge in [0.25, 0.3) is 0 Å². The maximum atomic E-state index is 12.7. The minimum absolute atomic E-state index is 0.0389. The first-order chi connectivity index (χ1) is 29.1. The predicted octanol–water partition coefficient (Wildman–Crippen LogP) is 13.3. The second-order valence-corrected chi connectivity index (χ2v) is 16.8. The predicted molar refractivity (Wildman–Crippen MR) is 252 cm³/mol. The van der Waals surface area contributed by atoms with E-state index in [0.717, 1.165) is 44.9 Å². The van der Waals surface area contributed by atoms with Gasteiger partial charge in [-0.3, -0.25) is 9.59 Å². The van der Waals surface area contributed by atoms with Crippen LogP contribution in [0.15, 0.2) is 85.1 Å². The van der Waals surface area contributed by atoms with Gasteiger partial charge in [0, 0.05) is 19.3 Å². The molecule has 0 aromatic carbocycles. The Hall–Kier alpha value is -3.49. The summed E-state index contributed by atoms with van der Waals surface area (Å²) in [5.41, 5.74) is 0. The summed E-state index contributed by atoms with van der Waals surface area (Å²) in [5, 5.41) is 9.64. The molecule has 0 aliphatic rings. The number of nitrogens with zero attached hydrogens (tertiary/aromatic N) is 1. The number of aliphatic carboxylic acids is 1. The maximum Gasteiger partial charge on any atom is 0.362 e. The van der Waals surface area contributed by atoms with Gasteiger partial charge >= 0.3 is 17.9 Å². The van der Waals surface area contributed by atoms with Crippen molar-refractivity contribution in [1.29, 1.82) is 0 Å². The van der Waals surface area contributed by atoms with E-state index >= 15 is 0 Å². The van der Waals surface area contributed by atoms with E-state index in [4.69, 9.17) is 14.2 Å². The Morgan fingerprint density at radius 2 is 0.933 bits per heavy atom. The van der Waals surface area contributed by atoms with Crippen LogP contribution in [0.5, 0.6) is 0 Å². The summed E-state index contributed by atoms with van der Waals surface area (Å²) in [6.45, 7) is 4.54. The van der Waals surface area contributed by atoms with E-state index in [0.29, 0.717) is 19.3 Å². The standard InChI is InChI=1S/C52H87NO7/c1-6-8-10-12-14-16-18-20-22-24-25-27-29-31-33-35-37-39-41-43-51(55)60-48(46-58-45-44-49(52(56)57)53(3,4)5)47-59-50(54)42-40-38-36-34-32-30-28-26-23-21-19-17-15-13-11-9-7-2/h8,10,12,14,16,18,20,22,24-25,27,29,31,33,48-49H,6-7,9,11,13,15,17,19,21,23,26,28,30,32,34-47H2,1-5H3/p+1/b10-8+,14-12+,18-16+,22-20+,25-24+,29-27+,33-31+. The molecule has 8 nitrogen and oxygen atoms in total.